The summed E-state index contributed by atoms with van der Waals surface area (Å²) in [5.41, 5.74) is 0. The second-order valence-electron chi connectivity index (χ2n) is 4.38. The van der Waals surface area contributed by atoms with Gasteiger partial charge < -0.3 is 4.74 Å². The Hall–Kier alpha value is -1.05. The molecule has 1 fully saturated rings. The third-order valence-corrected chi connectivity index (χ3v) is 4.97. The monoisotopic (exact) mass is 288 g/mol. The van der Waals surface area contributed by atoms with E-state index in [0.29, 0.717) is 6.61 Å². The van der Waals surface area contributed by atoms with Crippen LogP contribution < -0.4 is 0 Å². The van der Waals surface area contributed by atoms with E-state index in [4.69, 9.17) is 4.74 Å². The second-order valence-corrected chi connectivity index (χ2v) is 6.23. The Morgan fingerprint density at radius 1 is 1.58 bits per heavy atom. The van der Waals surface area contributed by atoms with Crippen LogP contribution in [0.1, 0.15) is 19.8 Å². The molecule has 1 saturated heterocycles. The normalized spacial score (nSPS) is 20.1. The summed E-state index contributed by atoms with van der Waals surface area (Å²) in [6, 6.07) is 2.46. The van der Waals surface area contributed by atoms with E-state index in [-0.39, 0.29) is 19.2 Å². The number of pyridine rings is 1. The fourth-order valence-electron chi connectivity index (χ4n) is 2.10. The molecule has 0 aromatic carbocycles. The lowest BCUT2D eigenvalue weighted by Gasteiger charge is -2.22. The summed E-state index contributed by atoms with van der Waals surface area (Å²) in [6.07, 6.45) is 2.92. The SMILES string of the molecule is CCN(CC1CCCO1)S(=O)(=O)c1ncccc1F. The fraction of sp³-hybridized carbons (Fsp3) is 0.583. The van der Waals surface area contributed by atoms with Crippen molar-refractivity contribution in [2.24, 2.45) is 0 Å². The molecule has 106 valence electrons. The minimum atomic E-state index is -3.90. The quantitative estimate of drug-likeness (QED) is 0.822. The van der Waals surface area contributed by atoms with Crippen molar-refractivity contribution in [1.29, 1.82) is 0 Å². The molecule has 0 bridgehead atoms. The molecule has 5 nitrogen and oxygen atoms in total. The van der Waals surface area contributed by atoms with Crippen LogP contribution in [-0.2, 0) is 14.8 Å². The summed E-state index contributed by atoms with van der Waals surface area (Å²) >= 11 is 0. The number of nitrogens with zero attached hydrogens (tertiary/aromatic N) is 2. The summed E-state index contributed by atoms with van der Waals surface area (Å²) in [6.45, 7) is 2.88. The maximum absolute atomic E-state index is 13.6. The smallest absolute Gasteiger partial charge is 0.263 e. The van der Waals surface area contributed by atoms with Gasteiger partial charge in [-0.25, -0.2) is 17.8 Å². The van der Waals surface area contributed by atoms with Gasteiger partial charge in [-0.1, -0.05) is 6.92 Å². The summed E-state index contributed by atoms with van der Waals surface area (Å²) in [7, 11) is -3.90. The van der Waals surface area contributed by atoms with Gasteiger partial charge in [0, 0.05) is 25.9 Å². The molecule has 0 amide bonds. The van der Waals surface area contributed by atoms with Crippen molar-refractivity contribution in [3.63, 3.8) is 0 Å². The molecule has 7 heteroatoms. The van der Waals surface area contributed by atoms with E-state index in [1.54, 1.807) is 6.92 Å². The van der Waals surface area contributed by atoms with Crippen LogP contribution in [0.25, 0.3) is 0 Å². The maximum atomic E-state index is 13.6. The van der Waals surface area contributed by atoms with Crippen LogP contribution in [0.4, 0.5) is 4.39 Å². The summed E-state index contributed by atoms with van der Waals surface area (Å²) in [5, 5.41) is -0.519. The highest BCUT2D eigenvalue weighted by molar-refractivity contribution is 7.89. The van der Waals surface area contributed by atoms with Crippen molar-refractivity contribution in [1.82, 2.24) is 9.29 Å². The van der Waals surface area contributed by atoms with Gasteiger partial charge in [0.15, 0.2) is 5.82 Å². The van der Waals surface area contributed by atoms with Crippen molar-refractivity contribution in [3.8, 4) is 0 Å². The lowest BCUT2D eigenvalue weighted by Crippen LogP contribution is -2.38. The van der Waals surface area contributed by atoms with E-state index in [1.807, 2.05) is 0 Å². The summed E-state index contributed by atoms with van der Waals surface area (Å²) in [5.74, 6) is -0.826. The Kier molecular flexibility index (Phi) is 4.49. The van der Waals surface area contributed by atoms with E-state index in [1.165, 1.54) is 16.6 Å². The third-order valence-electron chi connectivity index (χ3n) is 3.09. The first-order valence-electron chi connectivity index (χ1n) is 6.28. The molecule has 0 N–H and O–H groups in total. The number of rotatable bonds is 5. The maximum Gasteiger partial charge on any atom is 0.263 e. The predicted molar refractivity (Wildman–Crippen MR) is 67.6 cm³/mol. The number of hydrogen-bond donors (Lipinski definition) is 0. The Morgan fingerprint density at radius 2 is 2.37 bits per heavy atom. The zero-order chi connectivity index (χ0) is 13.9. The molecule has 2 rings (SSSR count). The highest BCUT2D eigenvalue weighted by Crippen LogP contribution is 2.20. The van der Waals surface area contributed by atoms with Crippen LogP contribution in [0.5, 0.6) is 0 Å². The fourth-order valence-corrected chi connectivity index (χ4v) is 3.55. The van der Waals surface area contributed by atoms with E-state index in [9.17, 15) is 12.8 Å². The number of aromatic nitrogens is 1. The van der Waals surface area contributed by atoms with Crippen LogP contribution in [0.15, 0.2) is 23.4 Å². The van der Waals surface area contributed by atoms with Crippen LogP contribution in [0.2, 0.25) is 0 Å². The van der Waals surface area contributed by atoms with E-state index in [0.717, 1.165) is 18.9 Å². The van der Waals surface area contributed by atoms with Gasteiger partial charge in [0.25, 0.3) is 10.0 Å². The second kappa shape index (κ2) is 5.94. The average molecular weight is 288 g/mol. The zero-order valence-electron chi connectivity index (χ0n) is 10.8. The largest absolute Gasteiger partial charge is 0.377 e. The molecule has 2 heterocycles. The van der Waals surface area contributed by atoms with Crippen LogP contribution in [0.3, 0.4) is 0 Å². The first-order chi connectivity index (χ1) is 9.05. The third kappa shape index (κ3) is 3.10. The molecular formula is C12H17FN2O3S. The van der Waals surface area contributed by atoms with Gasteiger partial charge in [0.1, 0.15) is 0 Å². The summed E-state index contributed by atoms with van der Waals surface area (Å²) < 4.78 is 44.9. The first-order valence-corrected chi connectivity index (χ1v) is 7.72. The molecule has 1 aromatic heterocycles. The van der Waals surface area contributed by atoms with Gasteiger partial charge in [0.05, 0.1) is 6.10 Å². The Balaban J connectivity index is 2.23. The molecule has 1 atom stereocenters. The van der Waals surface area contributed by atoms with Gasteiger partial charge in [-0.15, -0.1) is 0 Å². The molecule has 1 aliphatic heterocycles. The molecule has 1 aliphatic rings. The predicted octanol–water partition coefficient (Wildman–Crippen LogP) is 1.41. The lowest BCUT2D eigenvalue weighted by atomic mass is 10.2. The van der Waals surface area contributed by atoms with Crippen molar-refractivity contribution >= 4 is 10.0 Å². The molecule has 1 unspecified atom stereocenters. The molecule has 0 radical (unpaired) electrons. The van der Waals surface area contributed by atoms with Crippen LogP contribution >= 0.6 is 0 Å². The highest BCUT2D eigenvalue weighted by Gasteiger charge is 2.30. The van der Waals surface area contributed by atoms with Crippen LogP contribution in [0, 0.1) is 5.82 Å². The van der Waals surface area contributed by atoms with Crippen molar-refractivity contribution in [3.05, 3.63) is 24.1 Å². The number of halogens is 1. The molecular weight excluding hydrogens is 271 g/mol. The topological polar surface area (TPSA) is 59.5 Å². The number of ether oxygens (including phenoxy) is 1. The Morgan fingerprint density at radius 3 is 2.95 bits per heavy atom. The van der Waals surface area contributed by atoms with E-state index < -0.39 is 20.9 Å². The lowest BCUT2D eigenvalue weighted by molar-refractivity contribution is 0.0945. The van der Waals surface area contributed by atoms with Gasteiger partial charge in [0.2, 0.25) is 5.03 Å². The number of hydrogen-bond acceptors (Lipinski definition) is 4. The van der Waals surface area contributed by atoms with Crippen molar-refractivity contribution in [2.45, 2.75) is 30.9 Å². The first kappa shape index (κ1) is 14.4. The Labute approximate surface area is 112 Å². The standard InChI is InChI=1S/C12H17FN2O3S/c1-2-15(9-10-5-4-8-18-10)19(16,17)12-11(13)6-3-7-14-12/h3,6-7,10H,2,4-5,8-9H2,1H3. The van der Waals surface area contributed by atoms with Crippen LogP contribution in [-0.4, -0.2) is 43.5 Å². The van der Waals surface area contributed by atoms with Gasteiger partial charge >= 0.3 is 0 Å². The molecule has 19 heavy (non-hydrogen) atoms. The number of likely N-dealkylation sites (N-methyl/N-ethyl adjacent to an activating group) is 1. The molecule has 1 aromatic rings. The van der Waals surface area contributed by atoms with Crippen molar-refractivity contribution < 1.29 is 17.5 Å². The van der Waals surface area contributed by atoms with Gasteiger partial charge in [-0.05, 0) is 25.0 Å². The molecule has 0 spiro atoms. The van der Waals surface area contributed by atoms with Gasteiger partial charge in [-0.3, -0.25) is 0 Å². The average Bonchev–Trinajstić information content (AvgIpc) is 2.89. The number of sulfonamides is 1. The van der Waals surface area contributed by atoms with E-state index in [2.05, 4.69) is 4.98 Å². The zero-order valence-corrected chi connectivity index (χ0v) is 11.6. The van der Waals surface area contributed by atoms with Gasteiger partial charge in [-0.2, -0.15) is 4.31 Å². The molecule has 0 saturated carbocycles. The molecule has 0 aliphatic carbocycles. The highest BCUT2D eigenvalue weighted by atomic mass is 32.2. The Bertz CT molecular complexity index is 530. The van der Waals surface area contributed by atoms with E-state index >= 15 is 0 Å². The minimum absolute atomic E-state index is 0.110. The van der Waals surface area contributed by atoms with Crippen molar-refractivity contribution in [2.75, 3.05) is 19.7 Å². The summed E-state index contributed by atoms with van der Waals surface area (Å²) in [4.78, 5) is 3.65. The minimum Gasteiger partial charge on any atom is -0.377 e.